The summed E-state index contributed by atoms with van der Waals surface area (Å²) in [6.45, 7) is 6.37. The summed E-state index contributed by atoms with van der Waals surface area (Å²) in [5, 5.41) is 4.65. The standard InChI is InChI=1S/C27H42N4O4/c1-27(2,26(34)29-30-14-16-35-17-15-30)28-24(32)22-18-21-12-8-3-4-9-13-23(21)31(25(22)33)19-20-10-6-5-7-11-20/h18,20H,3-17,19H2,1-2H3,(H,28,32)(H,29,34). The number of pyridine rings is 1. The minimum atomic E-state index is -1.17. The van der Waals surface area contributed by atoms with Gasteiger partial charge in [-0.05, 0) is 69.9 Å². The summed E-state index contributed by atoms with van der Waals surface area (Å²) in [4.78, 5) is 40.1. The third-order valence-corrected chi connectivity index (χ3v) is 7.77. The molecule has 1 aromatic heterocycles. The predicted octanol–water partition coefficient (Wildman–Crippen LogP) is 2.96. The molecule has 0 bridgehead atoms. The number of hydrogen-bond acceptors (Lipinski definition) is 5. The average Bonchev–Trinajstić information content (AvgIpc) is 2.82. The minimum absolute atomic E-state index is 0.160. The molecule has 0 radical (unpaired) electrons. The van der Waals surface area contributed by atoms with Crippen molar-refractivity contribution in [1.29, 1.82) is 0 Å². The van der Waals surface area contributed by atoms with Gasteiger partial charge >= 0.3 is 0 Å². The van der Waals surface area contributed by atoms with Crippen LogP contribution in [0.2, 0.25) is 0 Å². The molecular formula is C27H42N4O4. The molecule has 4 rings (SSSR count). The Labute approximate surface area is 208 Å². The fourth-order valence-corrected chi connectivity index (χ4v) is 5.58. The number of fused-ring (bicyclic) bond motifs is 1. The Balaban J connectivity index is 1.58. The van der Waals surface area contributed by atoms with Gasteiger partial charge < -0.3 is 14.6 Å². The number of ether oxygens (including phenoxy) is 1. The number of aryl methyl sites for hydroxylation is 1. The molecule has 3 aliphatic rings. The number of nitrogens with zero attached hydrogens (tertiary/aromatic N) is 2. The van der Waals surface area contributed by atoms with E-state index in [0.29, 0.717) is 38.8 Å². The number of morpholine rings is 1. The van der Waals surface area contributed by atoms with Crippen LogP contribution in [-0.2, 0) is 28.9 Å². The molecule has 1 saturated heterocycles. The lowest BCUT2D eigenvalue weighted by Crippen LogP contribution is -2.60. The highest BCUT2D eigenvalue weighted by molar-refractivity contribution is 5.98. The van der Waals surface area contributed by atoms with Crippen LogP contribution in [0.5, 0.6) is 0 Å². The smallest absolute Gasteiger partial charge is 0.263 e. The van der Waals surface area contributed by atoms with Crippen molar-refractivity contribution < 1.29 is 14.3 Å². The zero-order chi connectivity index (χ0) is 24.8. The number of carbonyl (C=O) groups excluding carboxylic acids is 2. The SMILES string of the molecule is CC(C)(NC(=O)c1cc2c(n(CC3CCCCC3)c1=O)CCCCCC2)C(=O)NN1CCOCC1. The summed E-state index contributed by atoms with van der Waals surface area (Å²) < 4.78 is 7.25. The highest BCUT2D eigenvalue weighted by atomic mass is 16.5. The van der Waals surface area contributed by atoms with Crippen LogP contribution in [0.1, 0.15) is 93.3 Å². The first-order valence-electron chi connectivity index (χ1n) is 13.6. The van der Waals surface area contributed by atoms with Crippen LogP contribution in [0, 0.1) is 5.92 Å². The molecule has 8 nitrogen and oxygen atoms in total. The van der Waals surface area contributed by atoms with Crippen LogP contribution in [0.4, 0.5) is 0 Å². The van der Waals surface area contributed by atoms with Gasteiger partial charge in [-0.25, -0.2) is 5.01 Å². The largest absolute Gasteiger partial charge is 0.379 e. The van der Waals surface area contributed by atoms with Crippen molar-refractivity contribution in [2.45, 2.75) is 96.6 Å². The maximum atomic E-state index is 13.7. The second-order valence-corrected chi connectivity index (χ2v) is 11.0. The summed E-state index contributed by atoms with van der Waals surface area (Å²) in [6, 6.07) is 1.81. The molecule has 1 saturated carbocycles. The fraction of sp³-hybridized carbons (Fsp3) is 0.741. The summed E-state index contributed by atoms with van der Waals surface area (Å²) in [5.74, 6) is -0.286. The molecule has 2 N–H and O–H groups in total. The first-order valence-corrected chi connectivity index (χ1v) is 13.6. The molecule has 2 aliphatic carbocycles. The maximum absolute atomic E-state index is 13.7. The van der Waals surface area contributed by atoms with Crippen molar-refractivity contribution in [2.24, 2.45) is 5.92 Å². The number of hydrogen-bond donors (Lipinski definition) is 2. The van der Waals surface area contributed by atoms with Crippen molar-refractivity contribution in [3.05, 3.63) is 33.2 Å². The lowest BCUT2D eigenvalue weighted by molar-refractivity contribution is -0.133. The zero-order valence-corrected chi connectivity index (χ0v) is 21.5. The third kappa shape index (κ3) is 6.53. The molecule has 0 unspecified atom stereocenters. The molecule has 0 atom stereocenters. The Morgan fingerprint density at radius 2 is 1.66 bits per heavy atom. The molecule has 2 fully saturated rings. The summed E-state index contributed by atoms with van der Waals surface area (Å²) >= 11 is 0. The molecule has 1 aliphatic heterocycles. The van der Waals surface area contributed by atoms with E-state index in [-0.39, 0.29) is 17.0 Å². The molecule has 35 heavy (non-hydrogen) atoms. The van der Waals surface area contributed by atoms with Crippen molar-refractivity contribution in [3.8, 4) is 0 Å². The summed E-state index contributed by atoms with van der Waals surface area (Å²) in [5.41, 5.74) is 3.91. The Kier molecular flexibility index (Phi) is 8.65. The Morgan fingerprint density at radius 1 is 1.00 bits per heavy atom. The van der Waals surface area contributed by atoms with E-state index >= 15 is 0 Å². The van der Waals surface area contributed by atoms with Crippen LogP contribution >= 0.6 is 0 Å². The first kappa shape index (κ1) is 25.9. The number of hydrazine groups is 1. The van der Waals surface area contributed by atoms with Gasteiger partial charge in [-0.2, -0.15) is 0 Å². The van der Waals surface area contributed by atoms with E-state index in [9.17, 15) is 14.4 Å². The van der Waals surface area contributed by atoms with E-state index in [4.69, 9.17) is 4.74 Å². The van der Waals surface area contributed by atoms with Crippen molar-refractivity contribution >= 4 is 11.8 Å². The third-order valence-electron chi connectivity index (χ3n) is 7.77. The van der Waals surface area contributed by atoms with Gasteiger partial charge in [-0.3, -0.25) is 19.8 Å². The van der Waals surface area contributed by atoms with Crippen molar-refractivity contribution in [2.75, 3.05) is 26.3 Å². The van der Waals surface area contributed by atoms with E-state index < -0.39 is 11.4 Å². The van der Waals surface area contributed by atoms with Crippen LogP contribution in [0.25, 0.3) is 0 Å². The summed E-state index contributed by atoms with van der Waals surface area (Å²) in [6.07, 6.45) is 12.3. The van der Waals surface area contributed by atoms with Gasteiger partial charge in [0.05, 0.1) is 13.2 Å². The van der Waals surface area contributed by atoms with E-state index in [1.807, 2.05) is 15.6 Å². The molecule has 8 heteroatoms. The van der Waals surface area contributed by atoms with Gasteiger partial charge in [0.15, 0.2) is 0 Å². The van der Waals surface area contributed by atoms with Gasteiger partial charge in [0.25, 0.3) is 17.4 Å². The number of aromatic nitrogens is 1. The van der Waals surface area contributed by atoms with E-state index in [1.54, 1.807) is 13.8 Å². The second kappa shape index (κ2) is 11.7. The zero-order valence-electron chi connectivity index (χ0n) is 21.5. The van der Waals surface area contributed by atoms with Crippen LogP contribution < -0.4 is 16.3 Å². The number of nitrogens with one attached hydrogen (secondary N) is 2. The molecule has 0 aromatic carbocycles. The molecule has 1 aromatic rings. The van der Waals surface area contributed by atoms with Crippen LogP contribution in [0.3, 0.4) is 0 Å². The minimum Gasteiger partial charge on any atom is -0.379 e. The van der Waals surface area contributed by atoms with Crippen LogP contribution in [-0.4, -0.2) is 53.2 Å². The Morgan fingerprint density at radius 3 is 2.37 bits per heavy atom. The highest BCUT2D eigenvalue weighted by Gasteiger charge is 2.33. The molecule has 194 valence electrons. The van der Waals surface area contributed by atoms with E-state index in [0.717, 1.165) is 49.8 Å². The monoisotopic (exact) mass is 486 g/mol. The topological polar surface area (TPSA) is 92.7 Å². The van der Waals surface area contributed by atoms with Gasteiger partial charge in [0.1, 0.15) is 11.1 Å². The Bertz CT molecular complexity index is 959. The lowest BCUT2D eigenvalue weighted by atomic mass is 9.88. The van der Waals surface area contributed by atoms with E-state index in [1.165, 1.54) is 32.1 Å². The Hall–Kier alpha value is -2.19. The molecular weight excluding hydrogens is 444 g/mol. The predicted molar refractivity (Wildman–Crippen MR) is 135 cm³/mol. The highest BCUT2D eigenvalue weighted by Crippen LogP contribution is 2.27. The number of carbonyl (C=O) groups is 2. The maximum Gasteiger partial charge on any atom is 0.263 e. The fourth-order valence-electron chi connectivity index (χ4n) is 5.58. The first-order chi connectivity index (χ1) is 16.8. The normalized spacial score (nSPS) is 20.4. The summed E-state index contributed by atoms with van der Waals surface area (Å²) in [7, 11) is 0. The molecule has 0 spiro atoms. The van der Waals surface area contributed by atoms with Gasteiger partial charge in [-0.15, -0.1) is 0 Å². The number of amides is 2. The van der Waals surface area contributed by atoms with Gasteiger partial charge in [0, 0.05) is 25.3 Å². The second-order valence-electron chi connectivity index (χ2n) is 11.0. The van der Waals surface area contributed by atoms with E-state index in [2.05, 4.69) is 10.7 Å². The average molecular weight is 487 g/mol. The number of rotatable bonds is 6. The van der Waals surface area contributed by atoms with Gasteiger partial charge in [-0.1, -0.05) is 32.1 Å². The van der Waals surface area contributed by atoms with Crippen LogP contribution in [0.15, 0.2) is 10.9 Å². The van der Waals surface area contributed by atoms with Crippen molar-refractivity contribution in [1.82, 2.24) is 20.3 Å². The van der Waals surface area contributed by atoms with Crippen molar-refractivity contribution in [3.63, 3.8) is 0 Å². The molecule has 2 amide bonds. The molecule has 2 heterocycles. The lowest BCUT2D eigenvalue weighted by Gasteiger charge is -2.32. The quantitative estimate of drug-likeness (QED) is 0.645. The van der Waals surface area contributed by atoms with Gasteiger partial charge in [0.2, 0.25) is 0 Å².